The number of phenols is 2. The van der Waals surface area contributed by atoms with Crippen molar-refractivity contribution in [2.75, 3.05) is 0 Å². The van der Waals surface area contributed by atoms with Crippen LogP contribution in [0, 0.1) is 13.8 Å². The van der Waals surface area contributed by atoms with Crippen molar-refractivity contribution in [3.63, 3.8) is 0 Å². The minimum Gasteiger partial charge on any atom is -0.508 e. The fraction of sp³-hybridized carbons (Fsp3) is 0.217. The van der Waals surface area contributed by atoms with Gasteiger partial charge in [-0.05, 0) is 47.7 Å². The van der Waals surface area contributed by atoms with Gasteiger partial charge in [0.1, 0.15) is 11.5 Å². The molecule has 128 valence electrons. The van der Waals surface area contributed by atoms with E-state index in [1.165, 1.54) is 11.1 Å². The Morgan fingerprint density at radius 1 is 0.800 bits per heavy atom. The molecule has 1 atom stereocenters. The van der Waals surface area contributed by atoms with Crippen molar-refractivity contribution in [3.05, 3.63) is 94.0 Å². The van der Waals surface area contributed by atoms with Crippen molar-refractivity contribution in [2.24, 2.45) is 0 Å². The Balaban J connectivity index is 2.00. The highest BCUT2D eigenvalue weighted by Crippen LogP contribution is 2.33. The lowest BCUT2D eigenvalue weighted by molar-refractivity contribution is 0.460. The van der Waals surface area contributed by atoms with Crippen LogP contribution >= 0.6 is 0 Å². The minimum absolute atomic E-state index is 0.241. The summed E-state index contributed by atoms with van der Waals surface area (Å²) in [6.07, 6.45) is 0.509. The standard InChI is InChI=1S/C23H24O2/c1-15-9-10-22(24)20(11-15)14-21-13-19(12-16(2)23(21)25)17(3)18-7-5-4-6-8-18/h4-13,17,24-25H,14H2,1-3H3. The smallest absolute Gasteiger partial charge is 0.122 e. The predicted molar refractivity (Wildman–Crippen MR) is 102 cm³/mol. The predicted octanol–water partition coefficient (Wildman–Crippen LogP) is 5.46. The van der Waals surface area contributed by atoms with Crippen LogP contribution < -0.4 is 0 Å². The highest BCUT2D eigenvalue weighted by molar-refractivity contribution is 5.49. The summed E-state index contributed by atoms with van der Waals surface area (Å²) in [5.41, 5.74) is 6.05. The molecule has 0 aliphatic rings. The first-order valence-corrected chi connectivity index (χ1v) is 8.61. The zero-order valence-corrected chi connectivity index (χ0v) is 15.0. The summed E-state index contributed by atoms with van der Waals surface area (Å²) in [5, 5.41) is 20.6. The molecule has 25 heavy (non-hydrogen) atoms. The largest absolute Gasteiger partial charge is 0.508 e. The van der Waals surface area contributed by atoms with Crippen molar-refractivity contribution < 1.29 is 10.2 Å². The first-order valence-electron chi connectivity index (χ1n) is 8.61. The molecular weight excluding hydrogens is 308 g/mol. The number of phenolic OH excluding ortho intramolecular Hbond substituents is 2. The molecule has 0 bridgehead atoms. The summed E-state index contributed by atoms with van der Waals surface area (Å²) in [6.45, 7) is 6.10. The molecule has 2 nitrogen and oxygen atoms in total. The molecule has 3 aromatic carbocycles. The molecule has 0 amide bonds. The number of aromatic hydroxyl groups is 2. The second kappa shape index (κ2) is 7.02. The molecule has 0 radical (unpaired) electrons. The van der Waals surface area contributed by atoms with E-state index >= 15 is 0 Å². The van der Waals surface area contributed by atoms with Gasteiger partial charge in [0.15, 0.2) is 0 Å². The molecule has 3 rings (SSSR count). The summed E-state index contributed by atoms with van der Waals surface area (Å²) < 4.78 is 0. The maximum atomic E-state index is 10.5. The molecule has 0 aromatic heterocycles. The van der Waals surface area contributed by atoms with Gasteiger partial charge in [0, 0.05) is 12.3 Å². The quantitative estimate of drug-likeness (QED) is 0.666. The van der Waals surface area contributed by atoms with Gasteiger partial charge in [-0.15, -0.1) is 0 Å². The SMILES string of the molecule is Cc1ccc(O)c(Cc2cc(C(C)c3ccccc3)cc(C)c2O)c1. The number of hydrogen-bond acceptors (Lipinski definition) is 2. The van der Waals surface area contributed by atoms with Gasteiger partial charge in [-0.1, -0.05) is 67.1 Å². The van der Waals surface area contributed by atoms with Gasteiger partial charge in [-0.2, -0.15) is 0 Å². The molecule has 0 aliphatic heterocycles. The third kappa shape index (κ3) is 3.69. The van der Waals surface area contributed by atoms with Crippen LogP contribution in [0.15, 0.2) is 60.7 Å². The van der Waals surface area contributed by atoms with E-state index in [1.54, 1.807) is 6.07 Å². The molecule has 2 heteroatoms. The molecule has 0 saturated carbocycles. The summed E-state index contributed by atoms with van der Waals surface area (Å²) >= 11 is 0. The van der Waals surface area contributed by atoms with Gasteiger partial charge in [-0.25, -0.2) is 0 Å². The van der Waals surface area contributed by atoms with Gasteiger partial charge < -0.3 is 10.2 Å². The Bertz CT molecular complexity index is 882. The number of rotatable bonds is 4. The van der Waals surface area contributed by atoms with Crippen LogP contribution in [-0.2, 0) is 6.42 Å². The average Bonchev–Trinajstić information content (AvgIpc) is 2.62. The van der Waals surface area contributed by atoms with Crippen LogP contribution in [0.5, 0.6) is 11.5 Å². The van der Waals surface area contributed by atoms with Crippen molar-refractivity contribution in [2.45, 2.75) is 33.1 Å². The second-order valence-corrected chi connectivity index (χ2v) is 6.79. The topological polar surface area (TPSA) is 40.5 Å². The van der Waals surface area contributed by atoms with E-state index in [9.17, 15) is 10.2 Å². The second-order valence-electron chi connectivity index (χ2n) is 6.79. The van der Waals surface area contributed by atoms with Crippen LogP contribution in [-0.4, -0.2) is 10.2 Å². The van der Waals surface area contributed by atoms with E-state index < -0.39 is 0 Å². The zero-order chi connectivity index (χ0) is 18.0. The van der Waals surface area contributed by atoms with Crippen LogP contribution in [0.2, 0.25) is 0 Å². The first kappa shape index (κ1) is 17.1. The van der Waals surface area contributed by atoms with E-state index in [0.717, 1.165) is 22.3 Å². The van der Waals surface area contributed by atoms with E-state index in [0.29, 0.717) is 12.2 Å². The van der Waals surface area contributed by atoms with Crippen LogP contribution in [0.25, 0.3) is 0 Å². The van der Waals surface area contributed by atoms with E-state index in [1.807, 2.05) is 50.2 Å². The van der Waals surface area contributed by atoms with Gasteiger partial charge in [-0.3, -0.25) is 0 Å². The molecule has 3 aromatic rings. The lowest BCUT2D eigenvalue weighted by atomic mass is 9.89. The number of hydrogen-bond donors (Lipinski definition) is 2. The number of aryl methyl sites for hydroxylation is 2. The normalized spacial score (nSPS) is 12.1. The monoisotopic (exact) mass is 332 g/mol. The molecule has 0 heterocycles. The fourth-order valence-corrected chi connectivity index (χ4v) is 3.26. The Kier molecular flexibility index (Phi) is 4.80. The Hall–Kier alpha value is -2.74. The molecule has 0 saturated heterocycles. The molecule has 2 N–H and O–H groups in total. The van der Waals surface area contributed by atoms with Gasteiger partial charge in [0.2, 0.25) is 0 Å². The molecule has 0 spiro atoms. The fourth-order valence-electron chi connectivity index (χ4n) is 3.26. The Morgan fingerprint density at radius 3 is 2.24 bits per heavy atom. The third-order valence-corrected chi connectivity index (χ3v) is 4.82. The Labute approximate surface area is 149 Å². The summed E-state index contributed by atoms with van der Waals surface area (Å²) in [7, 11) is 0. The van der Waals surface area contributed by atoms with E-state index in [-0.39, 0.29) is 11.7 Å². The highest BCUT2D eigenvalue weighted by atomic mass is 16.3. The molecule has 0 aliphatic carbocycles. The maximum Gasteiger partial charge on any atom is 0.122 e. The van der Waals surface area contributed by atoms with Gasteiger partial charge in [0.25, 0.3) is 0 Å². The van der Waals surface area contributed by atoms with Crippen molar-refractivity contribution >= 4 is 0 Å². The lowest BCUT2D eigenvalue weighted by Gasteiger charge is -2.17. The van der Waals surface area contributed by atoms with Crippen molar-refractivity contribution in [1.82, 2.24) is 0 Å². The van der Waals surface area contributed by atoms with Gasteiger partial charge in [0.05, 0.1) is 0 Å². The van der Waals surface area contributed by atoms with Crippen LogP contribution in [0.1, 0.15) is 46.2 Å². The number of benzene rings is 3. The lowest BCUT2D eigenvalue weighted by Crippen LogP contribution is -2.00. The summed E-state index contributed by atoms with van der Waals surface area (Å²) in [6, 6.07) is 20.0. The average molecular weight is 332 g/mol. The summed E-state index contributed by atoms with van der Waals surface area (Å²) in [5.74, 6) is 0.819. The maximum absolute atomic E-state index is 10.5. The Morgan fingerprint density at radius 2 is 1.52 bits per heavy atom. The minimum atomic E-state index is 0.241. The van der Waals surface area contributed by atoms with E-state index in [2.05, 4.69) is 25.1 Å². The highest BCUT2D eigenvalue weighted by Gasteiger charge is 2.15. The first-order chi connectivity index (χ1) is 12.0. The van der Waals surface area contributed by atoms with Crippen LogP contribution in [0.3, 0.4) is 0 Å². The molecule has 0 fully saturated rings. The third-order valence-electron chi connectivity index (χ3n) is 4.82. The zero-order valence-electron chi connectivity index (χ0n) is 15.0. The van der Waals surface area contributed by atoms with Gasteiger partial charge >= 0.3 is 0 Å². The van der Waals surface area contributed by atoms with Crippen molar-refractivity contribution in [1.29, 1.82) is 0 Å². The summed E-state index contributed by atoms with van der Waals surface area (Å²) in [4.78, 5) is 0. The van der Waals surface area contributed by atoms with Crippen LogP contribution in [0.4, 0.5) is 0 Å². The van der Waals surface area contributed by atoms with E-state index in [4.69, 9.17) is 0 Å². The molecular formula is C23H24O2. The van der Waals surface area contributed by atoms with Crippen molar-refractivity contribution in [3.8, 4) is 11.5 Å². The molecule has 1 unspecified atom stereocenters.